The standard InChI is InChI=1S/C18H24N4O3/c1-2-6-22-13-15(11-16(22)23)18(25)21-9-7-20(8-10-21)17(24)14-4-3-5-19-12-14/h3-5,12,15H,2,6-11,13H2,1H3. The molecule has 2 saturated heterocycles. The quantitative estimate of drug-likeness (QED) is 0.803. The zero-order valence-corrected chi connectivity index (χ0v) is 14.6. The van der Waals surface area contributed by atoms with E-state index >= 15 is 0 Å². The zero-order valence-electron chi connectivity index (χ0n) is 14.6. The first-order chi connectivity index (χ1) is 12.1. The van der Waals surface area contributed by atoms with Gasteiger partial charge >= 0.3 is 0 Å². The van der Waals surface area contributed by atoms with Crippen LogP contribution in [0.2, 0.25) is 0 Å². The predicted octanol–water partition coefficient (Wildman–Crippen LogP) is 0.624. The summed E-state index contributed by atoms with van der Waals surface area (Å²) >= 11 is 0. The van der Waals surface area contributed by atoms with Crippen LogP contribution in [0.25, 0.3) is 0 Å². The SMILES string of the molecule is CCCN1CC(C(=O)N2CCN(C(=O)c3cccnc3)CC2)CC1=O. The summed E-state index contributed by atoms with van der Waals surface area (Å²) in [7, 11) is 0. The van der Waals surface area contributed by atoms with E-state index < -0.39 is 0 Å². The molecule has 2 aliphatic rings. The fourth-order valence-electron chi connectivity index (χ4n) is 3.48. The van der Waals surface area contributed by atoms with Crippen molar-refractivity contribution in [2.45, 2.75) is 19.8 Å². The van der Waals surface area contributed by atoms with Crippen LogP contribution in [-0.2, 0) is 9.59 Å². The number of rotatable bonds is 4. The second-order valence-corrected chi connectivity index (χ2v) is 6.60. The molecule has 0 spiro atoms. The van der Waals surface area contributed by atoms with Crippen LogP contribution in [0.5, 0.6) is 0 Å². The maximum absolute atomic E-state index is 12.7. The van der Waals surface area contributed by atoms with Crippen LogP contribution in [0.15, 0.2) is 24.5 Å². The van der Waals surface area contributed by atoms with Gasteiger partial charge in [0.2, 0.25) is 11.8 Å². The van der Waals surface area contributed by atoms with Gasteiger partial charge in [-0.1, -0.05) is 6.92 Å². The Labute approximate surface area is 147 Å². The number of hydrogen-bond acceptors (Lipinski definition) is 4. The van der Waals surface area contributed by atoms with E-state index in [9.17, 15) is 14.4 Å². The highest BCUT2D eigenvalue weighted by Crippen LogP contribution is 2.21. The molecule has 7 heteroatoms. The van der Waals surface area contributed by atoms with Crippen LogP contribution in [0.1, 0.15) is 30.1 Å². The number of pyridine rings is 1. The summed E-state index contributed by atoms with van der Waals surface area (Å²) in [5, 5.41) is 0. The molecule has 3 rings (SSSR count). The van der Waals surface area contributed by atoms with Gasteiger partial charge in [-0.05, 0) is 18.6 Å². The molecule has 0 saturated carbocycles. The first-order valence-electron chi connectivity index (χ1n) is 8.86. The van der Waals surface area contributed by atoms with Crippen molar-refractivity contribution in [3.8, 4) is 0 Å². The summed E-state index contributed by atoms with van der Waals surface area (Å²) in [5.41, 5.74) is 0.568. The Balaban J connectivity index is 1.53. The average Bonchev–Trinajstić information content (AvgIpc) is 3.02. The second-order valence-electron chi connectivity index (χ2n) is 6.60. The third-order valence-corrected chi connectivity index (χ3v) is 4.84. The molecule has 1 aromatic heterocycles. The van der Waals surface area contributed by atoms with Crippen molar-refractivity contribution in [3.05, 3.63) is 30.1 Å². The normalized spacial score (nSPS) is 20.9. The molecule has 7 nitrogen and oxygen atoms in total. The summed E-state index contributed by atoms with van der Waals surface area (Å²) in [6.45, 7) is 5.33. The lowest BCUT2D eigenvalue weighted by atomic mass is 10.1. The molecule has 3 heterocycles. The minimum Gasteiger partial charge on any atom is -0.342 e. The van der Waals surface area contributed by atoms with Gasteiger partial charge in [-0.3, -0.25) is 19.4 Å². The van der Waals surface area contributed by atoms with Crippen molar-refractivity contribution in [3.63, 3.8) is 0 Å². The molecule has 2 fully saturated rings. The molecule has 1 unspecified atom stereocenters. The van der Waals surface area contributed by atoms with Crippen LogP contribution in [0.3, 0.4) is 0 Å². The van der Waals surface area contributed by atoms with Gasteiger partial charge in [-0.25, -0.2) is 0 Å². The number of piperazine rings is 1. The lowest BCUT2D eigenvalue weighted by Crippen LogP contribution is -2.52. The summed E-state index contributed by atoms with van der Waals surface area (Å²) < 4.78 is 0. The van der Waals surface area contributed by atoms with Crippen molar-refractivity contribution in [1.29, 1.82) is 0 Å². The lowest BCUT2D eigenvalue weighted by Gasteiger charge is -2.35. The molecule has 0 radical (unpaired) electrons. The van der Waals surface area contributed by atoms with Gasteiger partial charge in [-0.15, -0.1) is 0 Å². The van der Waals surface area contributed by atoms with E-state index in [1.807, 2.05) is 6.92 Å². The van der Waals surface area contributed by atoms with E-state index in [0.29, 0.717) is 44.7 Å². The van der Waals surface area contributed by atoms with Crippen molar-refractivity contribution < 1.29 is 14.4 Å². The van der Waals surface area contributed by atoms with Crippen molar-refractivity contribution in [2.24, 2.45) is 5.92 Å². The number of carbonyl (C=O) groups is 3. The fraction of sp³-hybridized carbons (Fsp3) is 0.556. The molecule has 0 aromatic carbocycles. The largest absolute Gasteiger partial charge is 0.342 e. The van der Waals surface area contributed by atoms with E-state index in [4.69, 9.17) is 0 Å². The fourth-order valence-corrected chi connectivity index (χ4v) is 3.48. The average molecular weight is 344 g/mol. The van der Waals surface area contributed by atoms with Crippen LogP contribution in [0.4, 0.5) is 0 Å². The highest BCUT2D eigenvalue weighted by molar-refractivity contribution is 5.94. The Bertz CT molecular complexity index is 641. The first kappa shape index (κ1) is 17.4. The van der Waals surface area contributed by atoms with E-state index in [1.54, 1.807) is 39.2 Å². The highest BCUT2D eigenvalue weighted by Gasteiger charge is 2.37. The minimum atomic E-state index is -0.236. The topological polar surface area (TPSA) is 73.8 Å². The van der Waals surface area contributed by atoms with Crippen LogP contribution in [0, 0.1) is 5.92 Å². The van der Waals surface area contributed by atoms with Gasteiger partial charge in [0.1, 0.15) is 0 Å². The molecule has 0 bridgehead atoms. The highest BCUT2D eigenvalue weighted by atomic mass is 16.2. The molecule has 25 heavy (non-hydrogen) atoms. The molecular formula is C18H24N4O3. The third kappa shape index (κ3) is 3.81. The Morgan fingerprint density at radius 2 is 1.92 bits per heavy atom. The summed E-state index contributed by atoms with van der Waals surface area (Å²) in [4.78, 5) is 46.4. The van der Waals surface area contributed by atoms with Crippen LogP contribution < -0.4 is 0 Å². The number of carbonyl (C=O) groups excluding carboxylic acids is 3. The van der Waals surface area contributed by atoms with Crippen LogP contribution >= 0.6 is 0 Å². The van der Waals surface area contributed by atoms with Crippen LogP contribution in [-0.4, -0.2) is 76.7 Å². The number of likely N-dealkylation sites (tertiary alicyclic amines) is 1. The van der Waals surface area contributed by atoms with Gasteiger partial charge in [0.25, 0.3) is 5.91 Å². The summed E-state index contributed by atoms with van der Waals surface area (Å²) in [6, 6.07) is 3.49. The monoisotopic (exact) mass is 344 g/mol. The maximum atomic E-state index is 12.7. The van der Waals surface area contributed by atoms with Crippen molar-refractivity contribution in [1.82, 2.24) is 19.7 Å². The van der Waals surface area contributed by atoms with E-state index in [1.165, 1.54) is 0 Å². The van der Waals surface area contributed by atoms with E-state index in [2.05, 4.69) is 4.98 Å². The summed E-state index contributed by atoms with van der Waals surface area (Å²) in [6.07, 6.45) is 4.42. The van der Waals surface area contributed by atoms with Gasteiger partial charge in [0.05, 0.1) is 11.5 Å². The molecule has 2 aliphatic heterocycles. The number of nitrogens with zero attached hydrogens (tertiary/aromatic N) is 4. The molecule has 134 valence electrons. The number of amides is 3. The zero-order chi connectivity index (χ0) is 17.8. The van der Waals surface area contributed by atoms with E-state index in [0.717, 1.165) is 13.0 Å². The van der Waals surface area contributed by atoms with Crippen molar-refractivity contribution >= 4 is 17.7 Å². The Hall–Kier alpha value is -2.44. The molecule has 1 aromatic rings. The van der Waals surface area contributed by atoms with Crippen molar-refractivity contribution in [2.75, 3.05) is 39.3 Å². The third-order valence-electron chi connectivity index (χ3n) is 4.84. The molecule has 0 N–H and O–H groups in total. The molecule has 1 atom stereocenters. The van der Waals surface area contributed by atoms with Gasteiger partial charge in [0.15, 0.2) is 0 Å². The molecule has 0 aliphatic carbocycles. The van der Waals surface area contributed by atoms with E-state index in [-0.39, 0.29) is 23.6 Å². The Kier molecular flexibility index (Phi) is 5.31. The number of hydrogen-bond donors (Lipinski definition) is 0. The Morgan fingerprint density at radius 1 is 1.20 bits per heavy atom. The van der Waals surface area contributed by atoms with Gasteiger partial charge in [0, 0.05) is 58.1 Å². The smallest absolute Gasteiger partial charge is 0.255 e. The lowest BCUT2D eigenvalue weighted by molar-refractivity contribution is -0.137. The minimum absolute atomic E-state index is 0.0421. The Morgan fingerprint density at radius 3 is 2.56 bits per heavy atom. The first-order valence-corrected chi connectivity index (χ1v) is 8.86. The van der Waals surface area contributed by atoms with Gasteiger partial charge in [-0.2, -0.15) is 0 Å². The summed E-state index contributed by atoms with van der Waals surface area (Å²) in [5.74, 6) is -0.170. The predicted molar refractivity (Wildman–Crippen MR) is 91.7 cm³/mol. The molecular weight excluding hydrogens is 320 g/mol. The second kappa shape index (κ2) is 7.63. The molecule has 3 amide bonds. The maximum Gasteiger partial charge on any atom is 0.255 e. The number of aromatic nitrogens is 1. The van der Waals surface area contributed by atoms with Gasteiger partial charge < -0.3 is 14.7 Å².